The molecule has 1 fully saturated rings. The van der Waals surface area contributed by atoms with Crippen LogP contribution in [0.15, 0.2) is 18.2 Å². The van der Waals surface area contributed by atoms with Crippen molar-refractivity contribution in [1.29, 1.82) is 0 Å². The highest BCUT2D eigenvalue weighted by atomic mass is 19.4. The quantitative estimate of drug-likeness (QED) is 0.832. The van der Waals surface area contributed by atoms with Gasteiger partial charge in [0.15, 0.2) is 0 Å². The molecule has 0 radical (unpaired) electrons. The molecule has 108 valence electrons. The van der Waals surface area contributed by atoms with E-state index in [0.29, 0.717) is 5.56 Å². The molecular weight excluding hydrogens is 269 g/mol. The zero-order valence-electron chi connectivity index (χ0n) is 10.8. The standard InChI is InChI=1S/C14H15F3N2O/c15-14(16,17)11-3-1-2-9-10(8-4-5-18-7-8)6-12(20)19-13(9)11/h1-3,8,10,18H,4-7H2,(H,19,20). The summed E-state index contributed by atoms with van der Waals surface area (Å²) in [7, 11) is 0. The smallest absolute Gasteiger partial charge is 0.325 e. The van der Waals surface area contributed by atoms with Crippen molar-refractivity contribution in [2.45, 2.75) is 24.9 Å². The second-order valence-corrected chi connectivity index (χ2v) is 5.38. The van der Waals surface area contributed by atoms with Gasteiger partial charge in [-0.15, -0.1) is 0 Å². The molecule has 0 aliphatic carbocycles. The largest absolute Gasteiger partial charge is 0.418 e. The Kier molecular flexibility index (Phi) is 3.20. The van der Waals surface area contributed by atoms with Crippen molar-refractivity contribution in [3.8, 4) is 0 Å². The number of hydrogen-bond donors (Lipinski definition) is 2. The lowest BCUT2D eigenvalue weighted by Gasteiger charge is -2.31. The Morgan fingerprint density at radius 3 is 2.70 bits per heavy atom. The van der Waals surface area contributed by atoms with E-state index in [9.17, 15) is 18.0 Å². The number of amides is 1. The molecule has 6 heteroatoms. The molecule has 0 spiro atoms. The van der Waals surface area contributed by atoms with Crippen LogP contribution in [0.2, 0.25) is 0 Å². The number of alkyl halides is 3. The highest BCUT2D eigenvalue weighted by Crippen LogP contribution is 2.45. The summed E-state index contributed by atoms with van der Waals surface area (Å²) in [5.74, 6) is -0.231. The Balaban J connectivity index is 2.06. The lowest BCUT2D eigenvalue weighted by Crippen LogP contribution is -2.30. The van der Waals surface area contributed by atoms with E-state index in [-0.39, 0.29) is 29.9 Å². The molecule has 2 N–H and O–H groups in total. The van der Waals surface area contributed by atoms with Gasteiger partial charge < -0.3 is 10.6 Å². The van der Waals surface area contributed by atoms with E-state index in [1.54, 1.807) is 6.07 Å². The summed E-state index contributed by atoms with van der Waals surface area (Å²) in [4.78, 5) is 11.8. The van der Waals surface area contributed by atoms with Crippen LogP contribution >= 0.6 is 0 Å². The van der Waals surface area contributed by atoms with Crippen LogP contribution in [0, 0.1) is 5.92 Å². The first-order valence-electron chi connectivity index (χ1n) is 6.67. The highest BCUT2D eigenvalue weighted by Gasteiger charge is 2.40. The summed E-state index contributed by atoms with van der Waals surface area (Å²) in [5, 5.41) is 5.62. The van der Waals surface area contributed by atoms with Gasteiger partial charge in [0.05, 0.1) is 11.3 Å². The van der Waals surface area contributed by atoms with Crippen LogP contribution in [0.25, 0.3) is 0 Å². The number of hydrogen-bond acceptors (Lipinski definition) is 2. The predicted octanol–water partition coefficient (Wildman–Crippen LogP) is 2.74. The van der Waals surface area contributed by atoms with Gasteiger partial charge in [0.1, 0.15) is 0 Å². The molecule has 2 aliphatic heterocycles. The van der Waals surface area contributed by atoms with Crippen molar-refractivity contribution in [3.63, 3.8) is 0 Å². The second kappa shape index (κ2) is 4.77. The first-order chi connectivity index (χ1) is 9.47. The first-order valence-corrected chi connectivity index (χ1v) is 6.67. The molecule has 3 rings (SSSR count). The molecule has 2 atom stereocenters. The van der Waals surface area contributed by atoms with E-state index in [1.165, 1.54) is 6.07 Å². The Morgan fingerprint density at radius 2 is 2.05 bits per heavy atom. The van der Waals surface area contributed by atoms with Crippen LogP contribution in [0.3, 0.4) is 0 Å². The Hall–Kier alpha value is -1.56. The molecule has 1 amide bonds. The predicted molar refractivity (Wildman–Crippen MR) is 68.4 cm³/mol. The molecule has 20 heavy (non-hydrogen) atoms. The maximum Gasteiger partial charge on any atom is 0.418 e. The monoisotopic (exact) mass is 284 g/mol. The summed E-state index contributed by atoms with van der Waals surface area (Å²) >= 11 is 0. The van der Waals surface area contributed by atoms with Crippen molar-refractivity contribution in [2.75, 3.05) is 18.4 Å². The number of benzene rings is 1. The van der Waals surface area contributed by atoms with Crippen molar-refractivity contribution in [2.24, 2.45) is 5.92 Å². The molecule has 1 saturated heterocycles. The molecule has 2 unspecified atom stereocenters. The number of fused-ring (bicyclic) bond motifs is 1. The van der Waals surface area contributed by atoms with E-state index >= 15 is 0 Å². The number of para-hydroxylation sites is 1. The average molecular weight is 284 g/mol. The van der Waals surface area contributed by atoms with E-state index in [4.69, 9.17) is 0 Å². The lowest BCUT2D eigenvalue weighted by atomic mass is 9.79. The zero-order valence-corrected chi connectivity index (χ0v) is 10.8. The number of rotatable bonds is 1. The van der Waals surface area contributed by atoms with Gasteiger partial charge in [0, 0.05) is 6.42 Å². The molecule has 2 aliphatic rings. The van der Waals surface area contributed by atoms with Gasteiger partial charge in [-0.05, 0) is 43.0 Å². The summed E-state index contributed by atoms with van der Waals surface area (Å²) < 4.78 is 39.1. The van der Waals surface area contributed by atoms with Crippen LogP contribution in [0.4, 0.5) is 18.9 Å². The minimum absolute atomic E-state index is 0.0480. The number of anilines is 1. The summed E-state index contributed by atoms with van der Waals surface area (Å²) in [6, 6.07) is 4.15. The van der Waals surface area contributed by atoms with E-state index in [2.05, 4.69) is 10.6 Å². The SMILES string of the molecule is O=C1CC(C2CCNC2)c2cccc(C(F)(F)F)c2N1. The number of halogens is 3. The topological polar surface area (TPSA) is 41.1 Å². The van der Waals surface area contributed by atoms with E-state index in [0.717, 1.165) is 25.6 Å². The summed E-state index contributed by atoms with van der Waals surface area (Å²) in [6.45, 7) is 1.62. The van der Waals surface area contributed by atoms with Gasteiger partial charge in [-0.2, -0.15) is 13.2 Å². The Morgan fingerprint density at radius 1 is 1.25 bits per heavy atom. The third-order valence-corrected chi connectivity index (χ3v) is 4.14. The fraction of sp³-hybridized carbons (Fsp3) is 0.500. The third-order valence-electron chi connectivity index (χ3n) is 4.14. The second-order valence-electron chi connectivity index (χ2n) is 5.38. The molecule has 3 nitrogen and oxygen atoms in total. The van der Waals surface area contributed by atoms with E-state index < -0.39 is 11.7 Å². The molecular formula is C14H15F3N2O. The highest BCUT2D eigenvalue weighted by molar-refractivity contribution is 5.95. The number of carbonyl (C=O) groups is 1. The van der Waals surface area contributed by atoms with Gasteiger partial charge in [-0.25, -0.2) is 0 Å². The molecule has 0 aromatic heterocycles. The van der Waals surface area contributed by atoms with Gasteiger partial charge >= 0.3 is 6.18 Å². The van der Waals surface area contributed by atoms with Crippen LogP contribution in [0.1, 0.15) is 29.9 Å². The van der Waals surface area contributed by atoms with Crippen molar-refractivity contribution in [1.82, 2.24) is 5.32 Å². The molecule has 0 saturated carbocycles. The number of carbonyl (C=O) groups excluding carboxylic acids is 1. The molecule has 1 aromatic rings. The Labute approximate surface area is 114 Å². The fourth-order valence-corrected chi connectivity index (χ4v) is 3.20. The lowest BCUT2D eigenvalue weighted by molar-refractivity contribution is -0.137. The van der Waals surface area contributed by atoms with Gasteiger partial charge in [-0.3, -0.25) is 4.79 Å². The van der Waals surface area contributed by atoms with Crippen LogP contribution in [-0.4, -0.2) is 19.0 Å². The maximum atomic E-state index is 13.0. The molecule has 2 heterocycles. The van der Waals surface area contributed by atoms with Gasteiger partial charge in [0.2, 0.25) is 5.91 Å². The van der Waals surface area contributed by atoms with Crippen molar-refractivity contribution >= 4 is 11.6 Å². The minimum atomic E-state index is -4.45. The maximum absolute atomic E-state index is 13.0. The number of nitrogens with one attached hydrogen (secondary N) is 2. The van der Waals surface area contributed by atoms with Gasteiger partial charge in [-0.1, -0.05) is 12.1 Å². The Bertz CT molecular complexity index is 536. The van der Waals surface area contributed by atoms with E-state index in [1.807, 2.05) is 0 Å². The van der Waals surface area contributed by atoms with Crippen molar-refractivity contribution in [3.05, 3.63) is 29.3 Å². The zero-order chi connectivity index (χ0) is 14.3. The first kappa shape index (κ1) is 13.4. The summed E-state index contributed by atoms with van der Waals surface area (Å²) in [6.07, 6.45) is -3.29. The molecule has 1 aromatic carbocycles. The fourth-order valence-electron chi connectivity index (χ4n) is 3.20. The normalized spacial score (nSPS) is 26.2. The third kappa shape index (κ3) is 2.28. The van der Waals surface area contributed by atoms with Crippen LogP contribution < -0.4 is 10.6 Å². The van der Waals surface area contributed by atoms with Crippen molar-refractivity contribution < 1.29 is 18.0 Å². The molecule has 0 bridgehead atoms. The van der Waals surface area contributed by atoms with Crippen LogP contribution in [0.5, 0.6) is 0 Å². The average Bonchev–Trinajstić information content (AvgIpc) is 2.89. The summed E-state index contributed by atoms with van der Waals surface area (Å²) in [5.41, 5.74) is -0.180. The van der Waals surface area contributed by atoms with Gasteiger partial charge in [0.25, 0.3) is 0 Å². The van der Waals surface area contributed by atoms with Crippen LogP contribution in [-0.2, 0) is 11.0 Å². The minimum Gasteiger partial charge on any atom is -0.325 e.